The van der Waals surface area contributed by atoms with Crippen molar-refractivity contribution in [2.24, 2.45) is 11.5 Å². The molecule has 6 nitrogen and oxygen atoms in total. The van der Waals surface area contributed by atoms with E-state index in [1.54, 1.807) is 24.3 Å². The number of hydrogen-bond donors (Lipinski definition) is 3. The molecule has 0 aliphatic carbocycles. The fraction of sp³-hybridized carbons (Fsp3) is 0. The Morgan fingerprint density at radius 3 is 2.35 bits per heavy atom. The van der Waals surface area contributed by atoms with Gasteiger partial charge in [0.15, 0.2) is 0 Å². The summed E-state index contributed by atoms with van der Waals surface area (Å²) in [5, 5.41) is 0. The van der Waals surface area contributed by atoms with E-state index in [0.29, 0.717) is 17.0 Å². The van der Waals surface area contributed by atoms with Crippen molar-refractivity contribution in [3.8, 4) is 11.5 Å². The van der Waals surface area contributed by atoms with E-state index in [4.69, 9.17) is 21.9 Å². The van der Waals surface area contributed by atoms with Crippen LogP contribution in [0.25, 0.3) is 0 Å². The number of carbonyl (C=O) groups is 2. The summed E-state index contributed by atoms with van der Waals surface area (Å²) < 4.78 is 5.55. The zero-order valence-electron chi connectivity index (χ0n) is 10.5. The number of ether oxygens (including phenoxy) is 1. The van der Waals surface area contributed by atoms with Crippen molar-refractivity contribution < 1.29 is 14.3 Å². The summed E-state index contributed by atoms with van der Waals surface area (Å²) in [6.07, 6.45) is 0. The van der Waals surface area contributed by atoms with Crippen molar-refractivity contribution in [2.45, 2.75) is 0 Å². The molecule has 102 valence electrons. The number of carbonyl (C=O) groups excluding carboxylic acids is 2. The van der Waals surface area contributed by atoms with Gasteiger partial charge in [0.05, 0.1) is 5.56 Å². The van der Waals surface area contributed by atoms with Crippen molar-refractivity contribution in [3.05, 3.63) is 53.6 Å². The first-order chi connectivity index (χ1) is 9.47. The van der Waals surface area contributed by atoms with Crippen molar-refractivity contribution in [1.29, 1.82) is 0 Å². The van der Waals surface area contributed by atoms with Crippen molar-refractivity contribution in [3.63, 3.8) is 0 Å². The van der Waals surface area contributed by atoms with Gasteiger partial charge in [-0.1, -0.05) is 6.07 Å². The summed E-state index contributed by atoms with van der Waals surface area (Å²) in [4.78, 5) is 22.4. The van der Waals surface area contributed by atoms with Crippen molar-refractivity contribution in [1.82, 2.24) is 0 Å². The summed E-state index contributed by atoms with van der Waals surface area (Å²) >= 11 is 0. The fourth-order valence-electron chi connectivity index (χ4n) is 1.67. The molecule has 6 heteroatoms. The van der Waals surface area contributed by atoms with E-state index in [9.17, 15) is 9.59 Å². The number of benzene rings is 2. The third-order valence-electron chi connectivity index (χ3n) is 2.62. The zero-order valence-corrected chi connectivity index (χ0v) is 10.5. The number of nitrogens with two attached hydrogens (primary N) is 3. The van der Waals surface area contributed by atoms with Crippen LogP contribution in [0.3, 0.4) is 0 Å². The third kappa shape index (κ3) is 2.86. The second-order valence-corrected chi connectivity index (χ2v) is 4.11. The highest BCUT2D eigenvalue weighted by Crippen LogP contribution is 2.27. The molecule has 2 aromatic carbocycles. The van der Waals surface area contributed by atoms with Crippen LogP contribution in [0.15, 0.2) is 42.5 Å². The Morgan fingerprint density at radius 2 is 1.70 bits per heavy atom. The Balaban J connectivity index is 2.39. The predicted molar refractivity (Wildman–Crippen MR) is 74.4 cm³/mol. The highest BCUT2D eigenvalue weighted by Gasteiger charge is 2.11. The van der Waals surface area contributed by atoms with E-state index in [-0.39, 0.29) is 11.3 Å². The lowest BCUT2D eigenvalue weighted by atomic mass is 10.1. The van der Waals surface area contributed by atoms with Crippen LogP contribution in [0.5, 0.6) is 11.5 Å². The largest absolute Gasteiger partial charge is 0.456 e. The average molecular weight is 271 g/mol. The Hall–Kier alpha value is -3.02. The molecule has 0 bridgehead atoms. The third-order valence-corrected chi connectivity index (χ3v) is 2.62. The summed E-state index contributed by atoms with van der Waals surface area (Å²) in [6.45, 7) is 0. The molecule has 0 saturated heterocycles. The van der Waals surface area contributed by atoms with Crippen molar-refractivity contribution >= 4 is 17.5 Å². The molecule has 0 atom stereocenters. The standard InChI is InChI=1S/C14H13N3O3/c15-9-4-5-11(14(17)19)12(7-9)20-10-3-1-2-8(6-10)13(16)18/h1-7H,15H2,(H2,16,18)(H2,17,19). The number of rotatable bonds is 4. The van der Waals surface area contributed by atoms with Gasteiger partial charge in [-0.15, -0.1) is 0 Å². The van der Waals surface area contributed by atoms with Gasteiger partial charge in [0.25, 0.3) is 5.91 Å². The van der Waals surface area contributed by atoms with Gasteiger partial charge in [0, 0.05) is 17.3 Å². The van der Waals surface area contributed by atoms with Gasteiger partial charge >= 0.3 is 0 Å². The van der Waals surface area contributed by atoms with Crippen molar-refractivity contribution in [2.75, 3.05) is 5.73 Å². The normalized spacial score (nSPS) is 10.0. The van der Waals surface area contributed by atoms with Crippen LogP contribution in [0.1, 0.15) is 20.7 Å². The summed E-state index contributed by atoms with van der Waals surface area (Å²) in [7, 11) is 0. The minimum atomic E-state index is -0.633. The van der Waals surface area contributed by atoms with Crippen LogP contribution in [0.2, 0.25) is 0 Å². The Kier molecular flexibility index (Phi) is 3.56. The van der Waals surface area contributed by atoms with Gasteiger partial charge in [-0.25, -0.2) is 0 Å². The average Bonchev–Trinajstić information content (AvgIpc) is 2.38. The number of amides is 2. The van der Waals surface area contributed by atoms with E-state index in [0.717, 1.165) is 0 Å². The summed E-state index contributed by atoms with van der Waals surface area (Å²) in [5.74, 6) is -0.627. The minimum Gasteiger partial charge on any atom is -0.456 e. The molecule has 0 unspecified atom stereocenters. The van der Waals surface area contributed by atoms with Gasteiger partial charge in [-0.2, -0.15) is 0 Å². The molecular formula is C14H13N3O3. The maximum absolute atomic E-state index is 11.3. The van der Waals surface area contributed by atoms with Gasteiger partial charge in [-0.05, 0) is 30.3 Å². The molecule has 0 radical (unpaired) electrons. The lowest BCUT2D eigenvalue weighted by Crippen LogP contribution is -2.13. The zero-order chi connectivity index (χ0) is 14.7. The molecular weight excluding hydrogens is 258 g/mol. The number of nitrogen functional groups attached to an aromatic ring is 1. The topological polar surface area (TPSA) is 121 Å². The summed E-state index contributed by atoms with van der Waals surface area (Å²) in [6, 6.07) is 10.8. The fourth-order valence-corrected chi connectivity index (χ4v) is 1.67. The molecule has 2 amide bonds. The van der Waals surface area contributed by atoms with E-state index in [1.807, 2.05) is 0 Å². The Bertz CT molecular complexity index is 683. The molecule has 20 heavy (non-hydrogen) atoms. The number of anilines is 1. The van der Waals surface area contributed by atoms with Crippen LogP contribution in [0, 0.1) is 0 Å². The van der Waals surface area contributed by atoms with Gasteiger partial charge < -0.3 is 21.9 Å². The number of hydrogen-bond acceptors (Lipinski definition) is 4. The van der Waals surface area contributed by atoms with Crippen LogP contribution in [0.4, 0.5) is 5.69 Å². The van der Waals surface area contributed by atoms with Gasteiger partial charge in [0.1, 0.15) is 11.5 Å². The minimum absolute atomic E-state index is 0.198. The highest BCUT2D eigenvalue weighted by molar-refractivity contribution is 5.96. The molecule has 0 aliphatic heterocycles. The lowest BCUT2D eigenvalue weighted by Gasteiger charge is -2.10. The maximum Gasteiger partial charge on any atom is 0.252 e. The van der Waals surface area contributed by atoms with Gasteiger partial charge in [-0.3, -0.25) is 9.59 Å². The van der Waals surface area contributed by atoms with E-state index >= 15 is 0 Å². The highest BCUT2D eigenvalue weighted by atomic mass is 16.5. The maximum atomic E-state index is 11.3. The predicted octanol–water partition coefficient (Wildman–Crippen LogP) is 1.26. The smallest absolute Gasteiger partial charge is 0.252 e. The molecule has 2 rings (SSSR count). The molecule has 0 heterocycles. The molecule has 0 saturated carbocycles. The second kappa shape index (κ2) is 5.31. The monoisotopic (exact) mass is 271 g/mol. The first kappa shape index (κ1) is 13.4. The second-order valence-electron chi connectivity index (χ2n) is 4.11. The van der Waals surface area contributed by atoms with Crippen LogP contribution in [-0.4, -0.2) is 11.8 Å². The summed E-state index contributed by atoms with van der Waals surface area (Å²) in [5.41, 5.74) is 17.0. The molecule has 6 N–H and O–H groups in total. The van der Waals surface area contributed by atoms with Gasteiger partial charge in [0.2, 0.25) is 5.91 Å². The molecule has 2 aromatic rings. The Labute approximate surface area is 115 Å². The van der Waals surface area contributed by atoms with E-state index in [1.165, 1.54) is 18.2 Å². The molecule has 0 aliphatic rings. The number of primary amides is 2. The van der Waals surface area contributed by atoms with E-state index in [2.05, 4.69) is 0 Å². The first-order valence-corrected chi connectivity index (χ1v) is 5.74. The SMILES string of the molecule is NC(=O)c1cccc(Oc2cc(N)ccc2C(N)=O)c1. The molecule has 0 fully saturated rings. The Morgan fingerprint density at radius 1 is 0.950 bits per heavy atom. The first-order valence-electron chi connectivity index (χ1n) is 5.74. The van der Waals surface area contributed by atoms with Crippen LogP contribution < -0.4 is 21.9 Å². The quantitative estimate of drug-likeness (QED) is 0.724. The lowest BCUT2D eigenvalue weighted by molar-refractivity contribution is 0.0989. The van der Waals surface area contributed by atoms with Crippen LogP contribution in [-0.2, 0) is 0 Å². The molecule has 0 aromatic heterocycles. The molecule has 0 spiro atoms. The van der Waals surface area contributed by atoms with E-state index < -0.39 is 11.8 Å². The van der Waals surface area contributed by atoms with Crippen LogP contribution >= 0.6 is 0 Å².